The third-order valence-corrected chi connectivity index (χ3v) is 4.21. The van der Waals surface area contributed by atoms with Crippen molar-refractivity contribution in [3.05, 3.63) is 59.3 Å². The second-order valence-electron chi connectivity index (χ2n) is 6.13. The predicted molar refractivity (Wildman–Crippen MR) is 96.6 cm³/mol. The van der Waals surface area contributed by atoms with Gasteiger partial charge in [-0.15, -0.1) is 0 Å². The number of nitrogens with one attached hydrogen (secondary N) is 1. The quantitative estimate of drug-likeness (QED) is 0.773. The molecule has 0 atom stereocenters. The molecule has 4 rings (SSSR count). The molecule has 0 aliphatic carbocycles. The Kier molecular flexibility index (Phi) is 3.76. The Morgan fingerprint density at radius 2 is 1.80 bits per heavy atom. The van der Waals surface area contributed by atoms with Crippen molar-refractivity contribution in [1.82, 2.24) is 4.98 Å². The average Bonchev–Trinajstić information content (AvgIpc) is 2.61. The fourth-order valence-electron chi connectivity index (χ4n) is 2.94. The molecule has 0 radical (unpaired) electrons. The van der Waals surface area contributed by atoms with E-state index in [0.717, 1.165) is 16.5 Å². The fraction of sp³-hybridized carbons (Fsp3) is 0.200. The number of hydrogen-bond acceptors (Lipinski definition) is 4. The van der Waals surface area contributed by atoms with Crippen LogP contribution in [0.1, 0.15) is 21.6 Å². The van der Waals surface area contributed by atoms with Crippen LogP contribution >= 0.6 is 0 Å². The van der Waals surface area contributed by atoms with E-state index in [2.05, 4.69) is 10.3 Å². The highest BCUT2D eigenvalue weighted by molar-refractivity contribution is 6.07. The topological polar surface area (TPSA) is 60.5 Å². The van der Waals surface area contributed by atoms with Crippen molar-refractivity contribution in [2.24, 2.45) is 0 Å². The minimum absolute atomic E-state index is 0.190. The van der Waals surface area contributed by atoms with E-state index in [1.165, 1.54) is 0 Å². The summed E-state index contributed by atoms with van der Waals surface area (Å²) in [6.45, 7) is 4.92. The number of carbonyl (C=O) groups excluding carboxylic acids is 1. The van der Waals surface area contributed by atoms with Crippen molar-refractivity contribution < 1.29 is 14.3 Å². The van der Waals surface area contributed by atoms with E-state index in [1.54, 1.807) is 18.2 Å². The van der Waals surface area contributed by atoms with Crippen LogP contribution in [-0.4, -0.2) is 24.1 Å². The van der Waals surface area contributed by atoms with E-state index in [4.69, 9.17) is 9.47 Å². The number of aromatic nitrogens is 1. The number of aryl methyl sites for hydroxylation is 2. The molecule has 0 unspecified atom stereocenters. The summed E-state index contributed by atoms with van der Waals surface area (Å²) in [5.74, 6) is 1.15. The normalized spacial score (nSPS) is 12.9. The van der Waals surface area contributed by atoms with Gasteiger partial charge in [-0.05, 0) is 44.2 Å². The predicted octanol–water partition coefficient (Wildman–Crippen LogP) is 3.88. The number of ether oxygens (including phenoxy) is 2. The van der Waals surface area contributed by atoms with Gasteiger partial charge in [0.2, 0.25) is 0 Å². The maximum atomic E-state index is 12.7. The van der Waals surface area contributed by atoms with Crippen molar-refractivity contribution in [1.29, 1.82) is 0 Å². The minimum atomic E-state index is -0.190. The van der Waals surface area contributed by atoms with E-state index in [0.29, 0.717) is 41.7 Å². The lowest BCUT2D eigenvalue weighted by atomic mass is 10.1. The first-order valence-electron chi connectivity index (χ1n) is 8.19. The standard InChI is InChI=1S/C20H18N2O3/c1-12-3-5-17-14(9-12)10-16(13(2)21-17)20(23)22-15-4-6-18-19(11-15)25-8-7-24-18/h3-6,9-11H,7-8H2,1-2H3,(H,22,23). The number of pyridine rings is 1. The third-order valence-electron chi connectivity index (χ3n) is 4.21. The number of rotatable bonds is 2. The number of carbonyl (C=O) groups is 1. The lowest BCUT2D eigenvalue weighted by Gasteiger charge is -2.19. The zero-order valence-corrected chi connectivity index (χ0v) is 14.1. The molecule has 25 heavy (non-hydrogen) atoms. The van der Waals surface area contributed by atoms with Gasteiger partial charge in [0.15, 0.2) is 11.5 Å². The molecule has 0 bridgehead atoms. The molecule has 2 heterocycles. The molecular formula is C20H18N2O3. The Bertz CT molecular complexity index is 982. The second kappa shape index (κ2) is 6.09. The molecule has 0 saturated carbocycles. The smallest absolute Gasteiger partial charge is 0.257 e. The highest BCUT2D eigenvalue weighted by atomic mass is 16.6. The van der Waals surface area contributed by atoms with Crippen LogP contribution in [0.5, 0.6) is 11.5 Å². The Balaban J connectivity index is 1.64. The molecule has 1 aliphatic heterocycles. The number of amides is 1. The highest BCUT2D eigenvalue weighted by Crippen LogP contribution is 2.32. The van der Waals surface area contributed by atoms with Crippen LogP contribution in [0.2, 0.25) is 0 Å². The molecular weight excluding hydrogens is 316 g/mol. The molecule has 3 aromatic rings. The van der Waals surface area contributed by atoms with Crippen LogP contribution in [0.25, 0.3) is 10.9 Å². The zero-order valence-electron chi connectivity index (χ0n) is 14.1. The summed E-state index contributed by atoms with van der Waals surface area (Å²) < 4.78 is 11.1. The molecule has 5 nitrogen and oxygen atoms in total. The Labute approximate surface area is 145 Å². The summed E-state index contributed by atoms with van der Waals surface area (Å²) in [6.07, 6.45) is 0. The average molecular weight is 334 g/mol. The van der Waals surface area contributed by atoms with Crippen LogP contribution < -0.4 is 14.8 Å². The van der Waals surface area contributed by atoms with E-state index in [1.807, 2.05) is 38.1 Å². The molecule has 126 valence electrons. The molecule has 0 fully saturated rings. The van der Waals surface area contributed by atoms with Gasteiger partial charge in [-0.2, -0.15) is 0 Å². The molecule has 2 aromatic carbocycles. The summed E-state index contributed by atoms with van der Waals surface area (Å²) in [7, 11) is 0. The first-order chi connectivity index (χ1) is 12.1. The van der Waals surface area contributed by atoms with Crippen molar-refractivity contribution in [3.63, 3.8) is 0 Å². The second-order valence-corrected chi connectivity index (χ2v) is 6.13. The largest absolute Gasteiger partial charge is 0.486 e. The summed E-state index contributed by atoms with van der Waals surface area (Å²) >= 11 is 0. The van der Waals surface area contributed by atoms with Gasteiger partial charge >= 0.3 is 0 Å². The summed E-state index contributed by atoms with van der Waals surface area (Å²) in [6, 6.07) is 13.3. The SMILES string of the molecule is Cc1ccc2nc(C)c(C(=O)Nc3ccc4c(c3)OCCO4)cc2c1. The Morgan fingerprint density at radius 1 is 1.00 bits per heavy atom. The zero-order chi connectivity index (χ0) is 17.4. The molecule has 0 saturated heterocycles. The highest BCUT2D eigenvalue weighted by Gasteiger charge is 2.15. The van der Waals surface area contributed by atoms with Crippen LogP contribution in [0, 0.1) is 13.8 Å². The molecule has 5 heteroatoms. The molecule has 1 N–H and O–H groups in total. The van der Waals surface area contributed by atoms with E-state index in [9.17, 15) is 4.79 Å². The van der Waals surface area contributed by atoms with Gasteiger partial charge in [0.1, 0.15) is 13.2 Å². The summed E-state index contributed by atoms with van der Waals surface area (Å²) in [4.78, 5) is 17.3. The Hall–Kier alpha value is -3.08. The maximum Gasteiger partial charge on any atom is 0.257 e. The number of hydrogen-bond donors (Lipinski definition) is 1. The van der Waals surface area contributed by atoms with Gasteiger partial charge in [0.05, 0.1) is 16.8 Å². The van der Waals surface area contributed by atoms with Gasteiger partial charge in [0.25, 0.3) is 5.91 Å². The van der Waals surface area contributed by atoms with Crippen LogP contribution in [-0.2, 0) is 0 Å². The number of fused-ring (bicyclic) bond motifs is 2. The van der Waals surface area contributed by atoms with E-state index in [-0.39, 0.29) is 5.91 Å². The summed E-state index contributed by atoms with van der Waals surface area (Å²) in [5.41, 5.74) is 3.95. The maximum absolute atomic E-state index is 12.7. The molecule has 1 aromatic heterocycles. The third kappa shape index (κ3) is 3.01. The summed E-state index contributed by atoms with van der Waals surface area (Å²) in [5, 5.41) is 3.87. The lowest BCUT2D eigenvalue weighted by Crippen LogP contribution is -2.17. The van der Waals surface area contributed by atoms with Gasteiger partial charge < -0.3 is 14.8 Å². The van der Waals surface area contributed by atoms with Crippen molar-refractivity contribution in [2.75, 3.05) is 18.5 Å². The van der Waals surface area contributed by atoms with Gasteiger partial charge in [0, 0.05) is 17.1 Å². The van der Waals surface area contributed by atoms with Gasteiger partial charge in [-0.25, -0.2) is 0 Å². The van der Waals surface area contributed by atoms with Crippen LogP contribution in [0.4, 0.5) is 5.69 Å². The monoisotopic (exact) mass is 334 g/mol. The van der Waals surface area contributed by atoms with Crippen molar-refractivity contribution in [2.45, 2.75) is 13.8 Å². The van der Waals surface area contributed by atoms with Gasteiger partial charge in [-0.1, -0.05) is 11.6 Å². The van der Waals surface area contributed by atoms with Crippen molar-refractivity contribution >= 4 is 22.5 Å². The minimum Gasteiger partial charge on any atom is -0.486 e. The molecule has 1 amide bonds. The van der Waals surface area contributed by atoms with Crippen LogP contribution in [0.3, 0.4) is 0 Å². The van der Waals surface area contributed by atoms with E-state index < -0.39 is 0 Å². The Morgan fingerprint density at radius 3 is 2.64 bits per heavy atom. The molecule has 1 aliphatic rings. The first-order valence-corrected chi connectivity index (χ1v) is 8.19. The van der Waals surface area contributed by atoms with Crippen LogP contribution in [0.15, 0.2) is 42.5 Å². The lowest BCUT2D eigenvalue weighted by molar-refractivity contribution is 0.102. The molecule has 0 spiro atoms. The van der Waals surface area contributed by atoms with E-state index >= 15 is 0 Å². The first kappa shape index (κ1) is 15.4. The number of anilines is 1. The van der Waals surface area contributed by atoms with Crippen molar-refractivity contribution in [3.8, 4) is 11.5 Å². The number of benzene rings is 2. The number of nitrogens with zero attached hydrogens (tertiary/aromatic N) is 1. The fourth-order valence-corrected chi connectivity index (χ4v) is 2.94. The van der Waals surface area contributed by atoms with Gasteiger partial charge in [-0.3, -0.25) is 9.78 Å².